The van der Waals surface area contributed by atoms with Gasteiger partial charge >= 0.3 is 0 Å². The number of ether oxygens (including phenoxy) is 1. The fourth-order valence-corrected chi connectivity index (χ4v) is 5.82. The third-order valence-corrected chi connectivity index (χ3v) is 7.89. The number of anilines is 1. The molecule has 8 heteroatoms. The number of carbonyl (C=O) groups is 2. The standard InChI is InChI=1S/C30H30ClN3O3S/c31-25-6-3-5-23(19-25)21-34-26-7-1-2-8-27(26)38-28(30(34)36)20-22-9-11-24(12-10-22)29(35)32-13-4-14-33-15-17-37-18-16-33/h1-3,5-12,19-20H,4,13-18,21H2,(H,32,35)/b28-20+. The van der Waals surface area contributed by atoms with Crippen LogP contribution in [0.3, 0.4) is 0 Å². The molecule has 0 atom stereocenters. The van der Waals surface area contributed by atoms with E-state index in [0.717, 1.165) is 61.0 Å². The summed E-state index contributed by atoms with van der Waals surface area (Å²) >= 11 is 7.65. The van der Waals surface area contributed by atoms with Gasteiger partial charge in [0.05, 0.1) is 30.4 Å². The van der Waals surface area contributed by atoms with E-state index in [2.05, 4.69) is 10.2 Å². The molecule has 0 aliphatic carbocycles. The molecule has 3 aromatic rings. The first kappa shape index (κ1) is 26.5. The van der Waals surface area contributed by atoms with E-state index in [4.69, 9.17) is 16.3 Å². The Labute approximate surface area is 232 Å². The Kier molecular flexibility index (Phi) is 8.81. The number of rotatable bonds is 8. The molecule has 3 aromatic carbocycles. The fourth-order valence-electron chi connectivity index (χ4n) is 4.55. The summed E-state index contributed by atoms with van der Waals surface area (Å²) in [6.45, 7) is 5.50. The van der Waals surface area contributed by atoms with Crippen LogP contribution < -0.4 is 10.2 Å². The van der Waals surface area contributed by atoms with Gasteiger partial charge in [0.15, 0.2) is 0 Å². The summed E-state index contributed by atoms with van der Waals surface area (Å²) in [7, 11) is 0. The molecule has 1 N–H and O–H groups in total. The van der Waals surface area contributed by atoms with Crippen LogP contribution in [0.1, 0.15) is 27.9 Å². The van der Waals surface area contributed by atoms with Crippen molar-refractivity contribution in [3.63, 3.8) is 0 Å². The topological polar surface area (TPSA) is 61.9 Å². The first-order valence-corrected chi connectivity index (χ1v) is 14.0. The van der Waals surface area contributed by atoms with Crippen LogP contribution in [0.2, 0.25) is 5.02 Å². The van der Waals surface area contributed by atoms with Gasteiger partial charge in [-0.2, -0.15) is 0 Å². The molecule has 5 rings (SSSR count). The number of nitrogens with one attached hydrogen (secondary N) is 1. The monoisotopic (exact) mass is 547 g/mol. The molecule has 2 heterocycles. The average molecular weight is 548 g/mol. The Morgan fingerprint density at radius 2 is 1.82 bits per heavy atom. The molecule has 2 aliphatic rings. The summed E-state index contributed by atoms with van der Waals surface area (Å²) in [4.78, 5) is 31.9. The molecule has 0 bridgehead atoms. The van der Waals surface area contributed by atoms with Gasteiger partial charge in [-0.15, -0.1) is 0 Å². The second kappa shape index (κ2) is 12.6. The number of carbonyl (C=O) groups excluding carboxylic acids is 2. The van der Waals surface area contributed by atoms with Crippen molar-refractivity contribution in [3.05, 3.63) is 99.4 Å². The Bertz CT molecular complexity index is 1320. The highest BCUT2D eigenvalue weighted by atomic mass is 35.5. The molecule has 0 unspecified atom stereocenters. The third-order valence-electron chi connectivity index (χ3n) is 6.57. The highest BCUT2D eigenvalue weighted by Crippen LogP contribution is 2.42. The van der Waals surface area contributed by atoms with Crippen LogP contribution in [-0.2, 0) is 16.1 Å². The van der Waals surface area contributed by atoms with E-state index in [1.807, 2.05) is 66.7 Å². The van der Waals surface area contributed by atoms with Gasteiger partial charge in [0.1, 0.15) is 0 Å². The lowest BCUT2D eigenvalue weighted by molar-refractivity contribution is -0.114. The fraction of sp³-hybridized carbons (Fsp3) is 0.267. The smallest absolute Gasteiger partial charge is 0.265 e. The van der Waals surface area contributed by atoms with Crippen LogP contribution in [0.5, 0.6) is 0 Å². The number of fused-ring (bicyclic) bond motifs is 1. The number of thioether (sulfide) groups is 1. The van der Waals surface area contributed by atoms with Gasteiger partial charge in [-0.25, -0.2) is 0 Å². The summed E-state index contributed by atoms with van der Waals surface area (Å²) in [6.07, 6.45) is 2.79. The van der Waals surface area contributed by atoms with Gasteiger partial charge < -0.3 is 15.0 Å². The van der Waals surface area contributed by atoms with Gasteiger partial charge in [0, 0.05) is 35.1 Å². The van der Waals surface area contributed by atoms with Gasteiger partial charge in [0.25, 0.3) is 11.8 Å². The quantitative estimate of drug-likeness (QED) is 0.299. The molecule has 0 spiro atoms. The number of hydrogen-bond donors (Lipinski definition) is 1. The van der Waals surface area contributed by atoms with E-state index in [0.29, 0.717) is 28.6 Å². The van der Waals surface area contributed by atoms with Crippen molar-refractivity contribution in [3.8, 4) is 0 Å². The minimum atomic E-state index is -0.0871. The summed E-state index contributed by atoms with van der Waals surface area (Å²) in [5.74, 6) is -0.147. The number of nitrogens with zero attached hydrogens (tertiary/aromatic N) is 2. The molecular formula is C30H30ClN3O3S. The lowest BCUT2D eigenvalue weighted by atomic mass is 10.1. The molecule has 0 aromatic heterocycles. The maximum Gasteiger partial charge on any atom is 0.265 e. The van der Waals surface area contributed by atoms with Crippen molar-refractivity contribution in [1.29, 1.82) is 0 Å². The summed E-state index contributed by atoms with van der Waals surface area (Å²) in [5, 5.41) is 3.65. The molecule has 1 fully saturated rings. The predicted molar refractivity (Wildman–Crippen MR) is 154 cm³/mol. The molecule has 196 valence electrons. The zero-order valence-corrected chi connectivity index (χ0v) is 22.6. The first-order chi connectivity index (χ1) is 18.6. The third kappa shape index (κ3) is 6.66. The molecule has 0 saturated carbocycles. The van der Waals surface area contributed by atoms with Crippen molar-refractivity contribution in [2.45, 2.75) is 17.9 Å². The van der Waals surface area contributed by atoms with Gasteiger partial charge in [-0.1, -0.05) is 59.8 Å². The molecule has 2 amide bonds. The van der Waals surface area contributed by atoms with Crippen LogP contribution in [0.4, 0.5) is 5.69 Å². The predicted octanol–water partition coefficient (Wildman–Crippen LogP) is 5.47. The number of halogens is 1. The second-order valence-corrected chi connectivity index (χ2v) is 10.8. The Morgan fingerprint density at radius 1 is 1.03 bits per heavy atom. The van der Waals surface area contributed by atoms with E-state index >= 15 is 0 Å². The lowest BCUT2D eigenvalue weighted by Crippen LogP contribution is -2.38. The van der Waals surface area contributed by atoms with E-state index in [-0.39, 0.29) is 11.8 Å². The van der Waals surface area contributed by atoms with Crippen molar-refractivity contribution in [1.82, 2.24) is 10.2 Å². The average Bonchev–Trinajstić information content (AvgIpc) is 2.94. The maximum absolute atomic E-state index is 13.5. The normalized spacial score (nSPS) is 16.9. The van der Waals surface area contributed by atoms with Crippen LogP contribution in [0.25, 0.3) is 6.08 Å². The van der Waals surface area contributed by atoms with Crippen molar-refractivity contribution in [2.24, 2.45) is 0 Å². The van der Waals surface area contributed by atoms with Crippen LogP contribution in [-0.4, -0.2) is 56.1 Å². The van der Waals surface area contributed by atoms with E-state index in [1.165, 1.54) is 11.8 Å². The number of morpholine rings is 1. The van der Waals surface area contributed by atoms with Gasteiger partial charge in [-0.3, -0.25) is 14.5 Å². The highest BCUT2D eigenvalue weighted by molar-refractivity contribution is 8.04. The minimum absolute atomic E-state index is 0.0595. The van der Waals surface area contributed by atoms with Crippen molar-refractivity contribution >= 4 is 46.9 Å². The summed E-state index contributed by atoms with van der Waals surface area (Å²) < 4.78 is 5.37. The van der Waals surface area contributed by atoms with E-state index in [1.54, 1.807) is 17.0 Å². The number of benzene rings is 3. The van der Waals surface area contributed by atoms with Crippen LogP contribution in [0, 0.1) is 0 Å². The van der Waals surface area contributed by atoms with Crippen molar-refractivity contribution in [2.75, 3.05) is 44.3 Å². The number of amides is 2. The first-order valence-electron chi connectivity index (χ1n) is 12.8. The Morgan fingerprint density at radius 3 is 2.61 bits per heavy atom. The Balaban J connectivity index is 1.24. The number of para-hydroxylation sites is 1. The van der Waals surface area contributed by atoms with Gasteiger partial charge in [-0.05, 0) is 66.6 Å². The van der Waals surface area contributed by atoms with Crippen molar-refractivity contribution < 1.29 is 14.3 Å². The zero-order valence-electron chi connectivity index (χ0n) is 21.1. The highest BCUT2D eigenvalue weighted by Gasteiger charge is 2.29. The number of hydrogen-bond acceptors (Lipinski definition) is 5. The molecule has 2 aliphatic heterocycles. The van der Waals surface area contributed by atoms with Crippen LogP contribution in [0.15, 0.2) is 82.6 Å². The molecule has 0 radical (unpaired) electrons. The Hall–Kier alpha value is -3.10. The summed E-state index contributed by atoms with van der Waals surface area (Å²) in [5.41, 5.74) is 3.33. The molecule has 1 saturated heterocycles. The molecular weight excluding hydrogens is 518 g/mol. The second-order valence-electron chi connectivity index (χ2n) is 9.29. The lowest BCUT2D eigenvalue weighted by Gasteiger charge is -2.30. The van der Waals surface area contributed by atoms with E-state index in [9.17, 15) is 9.59 Å². The SMILES string of the molecule is O=C(NCCCN1CCOCC1)c1ccc(/C=C2/Sc3ccccc3N(Cc3cccc(Cl)c3)C2=O)cc1. The minimum Gasteiger partial charge on any atom is -0.379 e. The largest absolute Gasteiger partial charge is 0.379 e. The zero-order chi connectivity index (χ0) is 26.3. The van der Waals surface area contributed by atoms with Gasteiger partial charge in [0.2, 0.25) is 0 Å². The van der Waals surface area contributed by atoms with E-state index < -0.39 is 0 Å². The maximum atomic E-state index is 13.5. The molecule has 38 heavy (non-hydrogen) atoms. The molecule has 6 nitrogen and oxygen atoms in total. The summed E-state index contributed by atoms with van der Waals surface area (Å²) in [6, 6.07) is 22.9. The van der Waals surface area contributed by atoms with Crippen LogP contribution >= 0.6 is 23.4 Å².